The molecule has 9 nitrogen and oxygen atoms in total. The molecule has 1 N–H and O–H groups in total. The molecule has 4 heterocycles. The molecular weight excluding hydrogens is 445 g/mol. The van der Waals surface area contributed by atoms with Crippen molar-refractivity contribution in [3.8, 4) is 17.3 Å². The Morgan fingerprint density at radius 2 is 1.82 bits per heavy atom. The third-order valence-corrected chi connectivity index (χ3v) is 7.56. The number of nitrogens with one attached hydrogen (secondary N) is 1. The van der Waals surface area contributed by atoms with Gasteiger partial charge < -0.3 is 9.88 Å². The molecule has 1 aromatic carbocycles. The van der Waals surface area contributed by atoms with E-state index in [-0.39, 0.29) is 18.0 Å². The van der Waals surface area contributed by atoms with E-state index in [4.69, 9.17) is 0 Å². The molecule has 0 atom stereocenters. The number of hydrogen-bond donors (Lipinski definition) is 1. The van der Waals surface area contributed by atoms with Gasteiger partial charge in [-0.3, -0.25) is 0 Å². The standard InChI is InChI=1S/C22H18FN7O2S/c23-17-3-1-2-4-18(17)33(31,32)30-9-7-29(8-10-30)19-6-5-15(12-25-19)21-20-16(11-24)13-26-22(20)28-14-27-21/h1-6,12-14H,7-10H2,(H,26,27,28). The molecule has 0 unspecified atom stereocenters. The predicted molar refractivity (Wildman–Crippen MR) is 119 cm³/mol. The third-order valence-electron chi connectivity index (χ3n) is 5.63. The van der Waals surface area contributed by atoms with Gasteiger partial charge in [0.15, 0.2) is 0 Å². The number of H-pyrrole nitrogens is 1. The summed E-state index contributed by atoms with van der Waals surface area (Å²) in [7, 11) is -3.90. The van der Waals surface area contributed by atoms with Crippen molar-refractivity contribution in [2.45, 2.75) is 4.90 Å². The quantitative estimate of drug-likeness (QED) is 0.494. The molecule has 1 saturated heterocycles. The Labute approximate surface area is 189 Å². The lowest BCUT2D eigenvalue weighted by atomic mass is 10.1. The van der Waals surface area contributed by atoms with Gasteiger partial charge in [-0.25, -0.2) is 27.8 Å². The van der Waals surface area contributed by atoms with E-state index in [1.165, 1.54) is 28.8 Å². The molecule has 0 amide bonds. The van der Waals surface area contributed by atoms with E-state index in [0.29, 0.717) is 41.2 Å². The van der Waals surface area contributed by atoms with E-state index in [1.54, 1.807) is 12.4 Å². The molecule has 166 valence electrons. The van der Waals surface area contributed by atoms with Crippen molar-refractivity contribution in [3.05, 3.63) is 66.5 Å². The Hall–Kier alpha value is -3.88. The first-order valence-corrected chi connectivity index (χ1v) is 11.6. The van der Waals surface area contributed by atoms with Crippen LogP contribution in [0.3, 0.4) is 0 Å². The second-order valence-corrected chi connectivity index (χ2v) is 9.39. The van der Waals surface area contributed by atoms with Crippen LogP contribution in [0.2, 0.25) is 0 Å². The van der Waals surface area contributed by atoms with Gasteiger partial charge in [0.05, 0.1) is 16.6 Å². The van der Waals surface area contributed by atoms with Crippen LogP contribution in [0.15, 0.2) is 60.0 Å². The van der Waals surface area contributed by atoms with E-state index in [1.807, 2.05) is 17.0 Å². The van der Waals surface area contributed by atoms with Crippen LogP contribution in [0.4, 0.5) is 10.2 Å². The monoisotopic (exact) mass is 463 g/mol. The molecule has 11 heteroatoms. The maximum absolute atomic E-state index is 14.0. The van der Waals surface area contributed by atoms with E-state index in [9.17, 15) is 18.1 Å². The SMILES string of the molecule is N#Cc1c[nH]c2ncnc(-c3ccc(N4CCN(S(=O)(=O)c5ccccc5F)CC4)nc3)c12. The highest BCUT2D eigenvalue weighted by Gasteiger charge is 2.30. The van der Waals surface area contributed by atoms with Crippen molar-refractivity contribution in [2.24, 2.45) is 0 Å². The zero-order chi connectivity index (χ0) is 23.0. The van der Waals surface area contributed by atoms with Gasteiger partial charge in [0.25, 0.3) is 0 Å². The molecular formula is C22H18FN7O2S. The van der Waals surface area contributed by atoms with E-state index < -0.39 is 15.8 Å². The Morgan fingerprint density at radius 1 is 1.03 bits per heavy atom. The number of fused-ring (bicyclic) bond motifs is 1. The number of aromatic nitrogens is 4. The van der Waals surface area contributed by atoms with Gasteiger partial charge in [0.2, 0.25) is 10.0 Å². The van der Waals surface area contributed by atoms with Crippen LogP contribution in [0.25, 0.3) is 22.3 Å². The number of aromatic amines is 1. The smallest absolute Gasteiger partial charge is 0.246 e. The first-order valence-electron chi connectivity index (χ1n) is 10.2. The van der Waals surface area contributed by atoms with Crippen molar-refractivity contribution in [1.82, 2.24) is 24.2 Å². The van der Waals surface area contributed by atoms with Crippen molar-refractivity contribution in [2.75, 3.05) is 31.1 Å². The molecule has 0 aliphatic carbocycles. The number of nitrogens with zero attached hydrogens (tertiary/aromatic N) is 6. The summed E-state index contributed by atoms with van der Waals surface area (Å²) in [6.07, 6.45) is 4.70. The van der Waals surface area contributed by atoms with Crippen LogP contribution < -0.4 is 4.90 Å². The van der Waals surface area contributed by atoms with E-state index in [2.05, 4.69) is 26.0 Å². The van der Waals surface area contributed by atoms with Gasteiger partial charge >= 0.3 is 0 Å². The number of anilines is 1. The van der Waals surface area contributed by atoms with Gasteiger partial charge in [0.1, 0.15) is 34.6 Å². The maximum Gasteiger partial charge on any atom is 0.246 e. The lowest BCUT2D eigenvalue weighted by Gasteiger charge is -2.34. The molecule has 3 aromatic heterocycles. The molecule has 1 aliphatic heterocycles. The summed E-state index contributed by atoms with van der Waals surface area (Å²) in [4.78, 5) is 17.7. The summed E-state index contributed by atoms with van der Waals surface area (Å²) in [5.74, 6) is -0.0560. The van der Waals surface area contributed by atoms with Crippen molar-refractivity contribution >= 4 is 26.9 Å². The van der Waals surface area contributed by atoms with Crippen LogP contribution in [0.1, 0.15) is 5.56 Å². The number of rotatable bonds is 4. The van der Waals surface area contributed by atoms with E-state index in [0.717, 1.165) is 11.6 Å². The first kappa shape index (κ1) is 21.0. The number of nitriles is 1. The van der Waals surface area contributed by atoms with Crippen molar-refractivity contribution in [3.63, 3.8) is 0 Å². The fourth-order valence-corrected chi connectivity index (χ4v) is 5.42. The Bertz CT molecular complexity index is 1470. The van der Waals surface area contributed by atoms with Crippen LogP contribution in [0, 0.1) is 17.1 Å². The zero-order valence-corrected chi connectivity index (χ0v) is 18.1. The highest BCUT2D eigenvalue weighted by molar-refractivity contribution is 7.89. The summed E-state index contributed by atoms with van der Waals surface area (Å²) in [6.45, 7) is 1.30. The largest absolute Gasteiger partial charge is 0.354 e. The maximum atomic E-state index is 14.0. The number of sulfonamides is 1. The third kappa shape index (κ3) is 3.69. The van der Waals surface area contributed by atoms with Gasteiger partial charge in [-0.15, -0.1) is 0 Å². The molecule has 0 radical (unpaired) electrons. The van der Waals surface area contributed by atoms with Crippen LogP contribution in [0.5, 0.6) is 0 Å². The highest BCUT2D eigenvalue weighted by Crippen LogP contribution is 2.28. The first-order chi connectivity index (χ1) is 16.0. The summed E-state index contributed by atoms with van der Waals surface area (Å²) in [6, 6.07) is 11.2. The van der Waals surface area contributed by atoms with Gasteiger partial charge in [-0.05, 0) is 24.3 Å². The summed E-state index contributed by atoms with van der Waals surface area (Å²) in [5.41, 5.74) is 2.38. The highest BCUT2D eigenvalue weighted by atomic mass is 32.2. The van der Waals surface area contributed by atoms with E-state index >= 15 is 0 Å². The lowest BCUT2D eigenvalue weighted by molar-refractivity contribution is 0.381. The minimum Gasteiger partial charge on any atom is -0.354 e. The number of piperazine rings is 1. The van der Waals surface area contributed by atoms with Gasteiger partial charge in [-0.2, -0.15) is 9.57 Å². The normalized spacial score (nSPS) is 15.0. The molecule has 0 saturated carbocycles. The fraction of sp³-hybridized carbons (Fsp3) is 0.182. The number of benzene rings is 1. The molecule has 5 rings (SSSR count). The molecule has 0 bridgehead atoms. The van der Waals surface area contributed by atoms with Crippen molar-refractivity contribution < 1.29 is 12.8 Å². The Kier molecular flexibility index (Phi) is 5.24. The van der Waals surface area contributed by atoms with Crippen LogP contribution in [-0.4, -0.2) is 58.8 Å². The van der Waals surface area contributed by atoms with Gasteiger partial charge in [0, 0.05) is 44.1 Å². The average Bonchev–Trinajstić information content (AvgIpc) is 3.28. The van der Waals surface area contributed by atoms with Gasteiger partial charge in [-0.1, -0.05) is 12.1 Å². The molecule has 33 heavy (non-hydrogen) atoms. The van der Waals surface area contributed by atoms with Crippen LogP contribution in [-0.2, 0) is 10.0 Å². The predicted octanol–water partition coefficient (Wildman–Crippen LogP) is 2.54. The second-order valence-electron chi connectivity index (χ2n) is 7.49. The number of pyridine rings is 1. The minimum absolute atomic E-state index is 0.224. The average molecular weight is 463 g/mol. The fourth-order valence-electron chi connectivity index (χ4n) is 3.93. The molecule has 1 aliphatic rings. The summed E-state index contributed by atoms with van der Waals surface area (Å²) >= 11 is 0. The Balaban J connectivity index is 1.34. The molecule has 1 fully saturated rings. The lowest BCUT2D eigenvalue weighted by Crippen LogP contribution is -2.49. The number of hydrogen-bond acceptors (Lipinski definition) is 7. The minimum atomic E-state index is -3.90. The molecule has 0 spiro atoms. The summed E-state index contributed by atoms with van der Waals surface area (Å²) < 4.78 is 40.9. The van der Waals surface area contributed by atoms with Crippen molar-refractivity contribution in [1.29, 1.82) is 5.26 Å². The Morgan fingerprint density at radius 3 is 2.52 bits per heavy atom. The molecule has 4 aromatic rings. The topological polar surface area (TPSA) is 119 Å². The zero-order valence-electron chi connectivity index (χ0n) is 17.3. The second kappa shape index (κ2) is 8.23. The summed E-state index contributed by atoms with van der Waals surface area (Å²) in [5, 5.41) is 10.0. The number of halogens is 1. The van der Waals surface area contributed by atoms with Crippen LogP contribution >= 0.6 is 0 Å².